The van der Waals surface area contributed by atoms with Crippen molar-refractivity contribution >= 4 is 52.6 Å². The van der Waals surface area contributed by atoms with Crippen LogP contribution in [-0.4, -0.2) is 39.1 Å². The summed E-state index contributed by atoms with van der Waals surface area (Å²) in [5.41, 5.74) is 3.25. The van der Waals surface area contributed by atoms with Crippen LogP contribution in [0.1, 0.15) is 11.5 Å². The molecule has 0 unspecified atom stereocenters. The maximum Gasteiger partial charge on any atom is 0.194 e. The lowest BCUT2D eigenvalue weighted by atomic mass is 10.3. The van der Waals surface area contributed by atoms with Gasteiger partial charge in [-0.2, -0.15) is 0 Å². The number of benzene rings is 1. The number of fused-ring (bicyclic) bond motifs is 1. The van der Waals surface area contributed by atoms with E-state index in [2.05, 4.69) is 30.8 Å². The molecular formula is C18H24ClIN6. The molecule has 26 heavy (non-hydrogen) atoms. The van der Waals surface area contributed by atoms with E-state index in [1.807, 2.05) is 56.2 Å². The van der Waals surface area contributed by atoms with E-state index in [1.165, 1.54) is 0 Å². The topological polar surface area (TPSA) is 50.4 Å². The molecule has 140 valence electrons. The molecule has 0 fully saturated rings. The third-order valence-electron chi connectivity index (χ3n) is 4.33. The molecular weight excluding hydrogens is 463 g/mol. The summed E-state index contributed by atoms with van der Waals surface area (Å²) in [5, 5.41) is 4.13. The first-order valence-electron chi connectivity index (χ1n) is 8.12. The second kappa shape index (κ2) is 8.77. The zero-order valence-corrected chi connectivity index (χ0v) is 18.5. The molecule has 0 aliphatic heterocycles. The molecule has 3 rings (SSSR count). The number of aryl methyl sites for hydroxylation is 2. The van der Waals surface area contributed by atoms with Crippen LogP contribution in [0.15, 0.2) is 41.5 Å². The summed E-state index contributed by atoms with van der Waals surface area (Å²) >= 11 is 6.06. The van der Waals surface area contributed by atoms with E-state index in [1.54, 1.807) is 7.05 Å². The molecule has 0 atom stereocenters. The number of para-hydroxylation sites is 2. The standard InChI is InChI=1S/C18H23ClN6.HI/c1-20-18(24(3)12-14-9-13(19)11-23(14)2)21-10-17-22-15-7-5-6-8-16(15)25(17)4;/h5-9,11H,10,12H2,1-4H3,(H,20,21);1H. The second-order valence-corrected chi connectivity index (χ2v) is 6.53. The minimum absolute atomic E-state index is 0. The van der Waals surface area contributed by atoms with Crippen molar-refractivity contribution in [2.75, 3.05) is 14.1 Å². The number of halogens is 2. The number of hydrogen-bond donors (Lipinski definition) is 1. The van der Waals surface area contributed by atoms with Crippen molar-refractivity contribution in [3.63, 3.8) is 0 Å². The van der Waals surface area contributed by atoms with Crippen LogP contribution in [-0.2, 0) is 27.2 Å². The maximum absolute atomic E-state index is 6.06. The second-order valence-electron chi connectivity index (χ2n) is 6.09. The van der Waals surface area contributed by atoms with Crippen LogP contribution in [0.3, 0.4) is 0 Å². The Morgan fingerprint density at radius 2 is 2.04 bits per heavy atom. The number of nitrogens with one attached hydrogen (secondary N) is 1. The minimum atomic E-state index is 0. The predicted molar refractivity (Wildman–Crippen MR) is 118 cm³/mol. The van der Waals surface area contributed by atoms with Crippen LogP contribution < -0.4 is 5.32 Å². The lowest BCUT2D eigenvalue weighted by Crippen LogP contribution is -2.38. The molecule has 0 amide bonds. The van der Waals surface area contributed by atoms with E-state index in [9.17, 15) is 0 Å². The van der Waals surface area contributed by atoms with Crippen molar-refractivity contribution in [2.24, 2.45) is 19.1 Å². The third kappa shape index (κ3) is 4.32. The van der Waals surface area contributed by atoms with E-state index in [4.69, 9.17) is 11.6 Å². The van der Waals surface area contributed by atoms with Crippen molar-refractivity contribution < 1.29 is 0 Å². The SMILES string of the molecule is CN=C(NCc1nc2ccccc2n1C)N(C)Cc1cc(Cl)cn1C.I. The van der Waals surface area contributed by atoms with Crippen LogP contribution in [0.5, 0.6) is 0 Å². The normalized spacial score (nSPS) is 11.5. The van der Waals surface area contributed by atoms with Gasteiger partial charge in [-0.1, -0.05) is 23.7 Å². The minimum Gasteiger partial charge on any atom is -0.351 e. The highest BCUT2D eigenvalue weighted by atomic mass is 127. The Morgan fingerprint density at radius 3 is 2.65 bits per heavy atom. The Morgan fingerprint density at radius 1 is 1.31 bits per heavy atom. The van der Waals surface area contributed by atoms with Crippen LogP contribution in [0.25, 0.3) is 11.0 Å². The molecule has 3 aromatic rings. The van der Waals surface area contributed by atoms with Crippen LogP contribution in [0, 0.1) is 0 Å². The zero-order valence-electron chi connectivity index (χ0n) is 15.4. The molecule has 2 aromatic heterocycles. The van der Waals surface area contributed by atoms with Gasteiger partial charge in [0.05, 0.1) is 29.1 Å². The molecule has 1 N–H and O–H groups in total. The Hall–Kier alpha value is -1.74. The van der Waals surface area contributed by atoms with Gasteiger partial charge in [-0.25, -0.2) is 4.98 Å². The zero-order chi connectivity index (χ0) is 18.0. The molecule has 0 saturated heterocycles. The Kier molecular flexibility index (Phi) is 6.94. The van der Waals surface area contributed by atoms with E-state index in [0.29, 0.717) is 13.1 Å². The Bertz CT molecular complexity index is 914. The van der Waals surface area contributed by atoms with E-state index in [-0.39, 0.29) is 24.0 Å². The van der Waals surface area contributed by atoms with Crippen LogP contribution >= 0.6 is 35.6 Å². The molecule has 0 bridgehead atoms. The summed E-state index contributed by atoms with van der Waals surface area (Å²) in [6.45, 7) is 1.32. The van der Waals surface area contributed by atoms with Crippen molar-refractivity contribution in [1.82, 2.24) is 24.3 Å². The molecule has 0 radical (unpaired) electrons. The molecule has 8 heteroatoms. The molecule has 0 spiro atoms. The first kappa shape index (κ1) is 20.6. The first-order chi connectivity index (χ1) is 12.0. The smallest absolute Gasteiger partial charge is 0.194 e. The van der Waals surface area contributed by atoms with E-state index in [0.717, 1.165) is 33.5 Å². The number of imidazole rings is 1. The van der Waals surface area contributed by atoms with Crippen LogP contribution in [0.4, 0.5) is 0 Å². The molecule has 0 aliphatic rings. The van der Waals surface area contributed by atoms with Gasteiger partial charge >= 0.3 is 0 Å². The molecule has 1 aromatic carbocycles. The predicted octanol–water partition coefficient (Wildman–Crippen LogP) is 3.39. The first-order valence-corrected chi connectivity index (χ1v) is 8.50. The number of nitrogens with zero attached hydrogens (tertiary/aromatic N) is 5. The number of aromatic nitrogens is 3. The van der Waals surface area contributed by atoms with Crippen molar-refractivity contribution in [1.29, 1.82) is 0 Å². The highest BCUT2D eigenvalue weighted by Crippen LogP contribution is 2.15. The van der Waals surface area contributed by atoms with Gasteiger partial charge in [-0.05, 0) is 18.2 Å². The molecule has 0 aliphatic carbocycles. The quantitative estimate of drug-likeness (QED) is 0.349. The Labute approximate surface area is 175 Å². The number of rotatable bonds is 4. The van der Waals surface area contributed by atoms with Gasteiger partial charge in [-0.15, -0.1) is 24.0 Å². The summed E-state index contributed by atoms with van der Waals surface area (Å²) in [6.07, 6.45) is 1.90. The number of hydrogen-bond acceptors (Lipinski definition) is 2. The van der Waals surface area contributed by atoms with Gasteiger partial charge in [0, 0.05) is 40.1 Å². The lowest BCUT2D eigenvalue weighted by molar-refractivity contribution is 0.460. The largest absolute Gasteiger partial charge is 0.351 e. The summed E-state index contributed by atoms with van der Waals surface area (Å²) in [6, 6.07) is 10.1. The highest BCUT2D eigenvalue weighted by Gasteiger charge is 2.12. The fraction of sp³-hybridized carbons (Fsp3) is 0.333. The van der Waals surface area contributed by atoms with Crippen LogP contribution in [0.2, 0.25) is 5.02 Å². The summed E-state index contributed by atoms with van der Waals surface area (Å²) in [4.78, 5) is 11.1. The van der Waals surface area contributed by atoms with Crippen molar-refractivity contribution in [3.05, 3.63) is 53.1 Å². The van der Waals surface area contributed by atoms with Gasteiger partial charge in [0.25, 0.3) is 0 Å². The third-order valence-corrected chi connectivity index (χ3v) is 4.54. The Balaban J connectivity index is 0.00000243. The summed E-state index contributed by atoms with van der Waals surface area (Å²) in [7, 11) is 7.81. The van der Waals surface area contributed by atoms with E-state index < -0.39 is 0 Å². The van der Waals surface area contributed by atoms with Crippen molar-refractivity contribution in [3.8, 4) is 0 Å². The maximum atomic E-state index is 6.06. The average Bonchev–Trinajstić information content (AvgIpc) is 3.07. The van der Waals surface area contributed by atoms with Crippen molar-refractivity contribution in [2.45, 2.75) is 13.1 Å². The molecule has 2 heterocycles. The van der Waals surface area contributed by atoms with Gasteiger partial charge in [-0.3, -0.25) is 4.99 Å². The fourth-order valence-electron chi connectivity index (χ4n) is 2.94. The number of guanidine groups is 1. The summed E-state index contributed by atoms with van der Waals surface area (Å²) in [5.74, 6) is 1.78. The monoisotopic (exact) mass is 486 g/mol. The lowest BCUT2D eigenvalue weighted by Gasteiger charge is -2.22. The highest BCUT2D eigenvalue weighted by molar-refractivity contribution is 14.0. The molecule has 0 saturated carbocycles. The van der Waals surface area contributed by atoms with Gasteiger partial charge in [0.1, 0.15) is 5.82 Å². The van der Waals surface area contributed by atoms with Gasteiger partial charge in [0.2, 0.25) is 0 Å². The average molecular weight is 487 g/mol. The number of aliphatic imine (C=N–C) groups is 1. The van der Waals surface area contributed by atoms with Gasteiger partial charge in [0.15, 0.2) is 5.96 Å². The summed E-state index contributed by atoms with van der Waals surface area (Å²) < 4.78 is 4.13. The van der Waals surface area contributed by atoms with Gasteiger partial charge < -0.3 is 19.4 Å². The molecule has 6 nitrogen and oxygen atoms in total. The van der Waals surface area contributed by atoms with E-state index >= 15 is 0 Å². The fourth-order valence-corrected chi connectivity index (χ4v) is 3.21.